The van der Waals surface area contributed by atoms with Gasteiger partial charge < -0.3 is 0 Å². The molecule has 122 valence electrons. The third-order valence-electron chi connectivity index (χ3n) is 4.09. The molecule has 4 heteroatoms. The highest BCUT2D eigenvalue weighted by molar-refractivity contribution is 6.01. The fourth-order valence-electron chi connectivity index (χ4n) is 2.90. The number of hydrogen-bond donors (Lipinski definition) is 1. The lowest BCUT2D eigenvalue weighted by atomic mass is 10.1. The summed E-state index contributed by atoms with van der Waals surface area (Å²) in [4.78, 5) is 17.5. The summed E-state index contributed by atoms with van der Waals surface area (Å²) in [5.41, 5.74) is 6.09. The number of aliphatic imine (C=N–C) groups is 1. The van der Waals surface area contributed by atoms with Crippen molar-refractivity contribution in [1.29, 1.82) is 0 Å². The largest absolute Gasteiger partial charge is 0.295 e. The Morgan fingerprint density at radius 1 is 1.04 bits per heavy atom. The number of rotatable bonds is 3. The average molecular weight is 319 g/mol. The minimum absolute atomic E-state index is 0.0790. The molecular formula is C20H21N3O. The predicted molar refractivity (Wildman–Crippen MR) is 98.9 cm³/mol. The number of hydrogen-bond acceptors (Lipinski definition) is 2. The van der Waals surface area contributed by atoms with E-state index in [1.165, 1.54) is 5.56 Å². The van der Waals surface area contributed by atoms with Gasteiger partial charge in [-0.1, -0.05) is 35.9 Å². The normalized spacial score (nSPS) is 11.8. The number of aryl methyl sites for hydroxylation is 3. The van der Waals surface area contributed by atoms with Crippen molar-refractivity contribution in [2.45, 2.75) is 27.7 Å². The van der Waals surface area contributed by atoms with Crippen LogP contribution in [0.3, 0.4) is 0 Å². The third-order valence-corrected chi connectivity index (χ3v) is 4.09. The number of nitrogens with zero attached hydrogens (tertiary/aromatic N) is 2. The summed E-state index contributed by atoms with van der Waals surface area (Å²) in [6.45, 7) is 7.87. The van der Waals surface area contributed by atoms with Gasteiger partial charge in [-0.05, 0) is 51.5 Å². The van der Waals surface area contributed by atoms with Gasteiger partial charge in [-0.3, -0.25) is 14.9 Å². The van der Waals surface area contributed by atoms with Gasteiger partial charge in [-0.2, -0.15) is 0 Å². The average Bonchev–Trinajstić information content (AvgIpc) is 2.85. The van der Waals surface area contributed by atoms with E-state index in [1.807, 2.05) is 63.2 Å². The van der Waals surface area contributed by atoms with Gasteiger partial charge in [0.15, 0.2) is 0 Å². The Morgan fingerprint density at radius 3 is 2.42 bits per heavy atom. The number of benzene rings is 2. The fourth-order valence-corrected chi connectivity index (χ4v) is 2.90. The molecule has 0 aliphatic rings. The number of nitrogens with one attached hydrogen (secondary N) is 1. The molecule has 0 spiro atoms. The summed E-state index contributed by atoms with van der Waals surface area (Å²) in [6.07, 6.45) is 0. The Balaban J connectivity index is 2.08. The second kappa shape index (κ2) is 6.32. The molecule has 1 N–H and O–H groups in total. The summed E-state index contributed by atoms with van der Waals surface area (Å²) in [5, 5.41) is 3.14. The van der Waals surface area contributed by atoms with Crippen LogP contribution in [0.4, 0.5) is 5.69 Å². The monoisotopic (exact) mass is 319 g/mol. The van der Waals surface area contributed by atoms with E-state index in [2.05, 4.69) is 23.1 Å². The first-order chi connectivity index (χ1) is 11.5. The SMILES string of the molecule is CC(=Nc1ccc(C)cc1C)c1c(C)[nH]n(-c2ccccc2)c1=O. The molecule has 1 heterocycles. The van der Waals surface area contributed by atoms with Crippen LogP contribution >= 0.6 is 0 Å². The van der Waals surface area contributed by atoms with E-state index in [9.17, 15) is 4.79 Å². The first kappa shape index (κ1) is 16.0. The van der Waals surface area contributed by atoms with Crippen molar-refractivity contribution in [2.75, 3.05) is 0 Å². The van der Waals surface area contributed by atoms with Crippen molar-refractivity contribution in [2.24, 2.45) is 4.99 Å². The van der Waals surface area contributed by atoms with Crippen LogP contribution in [0.2, 0.25) is 0 Å². The van der Waals surface area contributed by atoms with Crippen LogP contribution in [-0.4, -0.2) is 15.5 Å². The number of para-hydroxylation sites is 1. The second-order valence-corrected chi connectivity index (χ2v) is 6.08. The van der Waals surface area contributed by atoms with E-state index in [1.54, 1.807) is 4.68 Å². The maximum Gasteiger partial charge on any atom is 0.280 e. The van der Waals surface area contributed by atoms with E-state index in [0.29, 0.717) is 5.56 Å². The maximum atomic E-state index is 12.8. The number of H-pyrrole nitrogens is 1. The van der Waals surface area contributed by atoms with Crippen molar-refractivity contribution in [1.82, 2.24) is 9.78 Å². The van der Waals surface area contributed by atoms with E-state index < -0.39 is 0 Å². The summed E-state index contributed by atoms with van der Waals surface area (Å²) in [7, 11) is 0. The van der Waals surface area contributed by atoms with Crippen molar-refractivity contribution < 1.29 is 0 Å². The molecule has 0 amide bonds. The summed E-state index contributed by atoms with van der Waals surface area (Å²) in [5.74, 6) is 0. The molecular weight excluding hydrogens is 298 g/mol. The minimum Gasteiger partial charge on any atom is -0.295 e. The molecule has 0 saturated carbocycles. The molecule has 0 radical (unpaired) electrons. The molecule has 0 unspecified atom stereocenters. The molecule has 2 aromatic carbocycles. The molecule has 0 atom stereocenters. The topological polar surface area (TPSA) is 50.1 Å². The molecule has 0 aliphatic carbocycles. The first-order valence-electron chi connectivity index (χ1n) is 7.97. The first-order valence-corrected chi connectivity index (χ1v) is 7.97. The lowest BCUT2D eigenvalue weighted by Gasteiger charge is -2.03. The zero-order valence-corrected chi connectivity index (χ0v) is 14.4. The Kier molecular flexibility index (Phi) is 4.21. The van der Waals surface area contributed by atoms with Gasteiger partial charge in [0.25, 0.3) is 5.56 Å². The molecule has 3 rings (SSSR count). The fraction of sp³-hybridized carbons (Fsp3) is 0.200. The Morgan fingerprint density at radius 2 is 1.75 bits per heavy atom. The van der Waals surface area contributed by atoms with Crippen LogP contribution in [0.25, 0.3) is 5.69 Å². The number of aromatic nitrogens is 2. The van der Waals surface area contributed by atoms with Crippen LogP contribution in [-0.2, 0) is 0 Å². The van der Waals surface area contributed by atoms with Gasteiger partial charge in [-0.25, -0.2) is 4.68 Å². The van der Waals surface area contributed by atoms with Crippen LogP contribution in [0.1, 0.15) is 29.3 Å². The molecule has 0 fully saturated rings. The molecule has 4 nitrogen and oxygen atoms in total. The molecule has 0 saturated heterocycles. The van der Waals surface area contributed by atoms with E-state index in [0.717, 1.165) is 28.3 Å². The Hall–Kier alpha value is -2.88. The lowest BCUT2D eigenvalue weighted by Crippen LogP contribution is -2.19. The molecule has 24 heavy (non-hydrogen) atoms. The molecule has 0 bridgehead atoms. The summed E-state index contributed by atoms with van der Waals surface area (Å²) >= 11 is 0. The molecule has 3 aromatic rings. The standard InChI is InChI=1S/C20H21N3O/c1-13-10-11-18(14(2)12-13)21-15(3)19-16(4)22-23(20(19)24)17-8-6-5-7-9-17/h5-12,22H,1-4H3. The van der Waals surface area contributed by atoms with Crippen molar-refractivity contribution in [3.63, 3.8) is 0 Å². The molecule has 0 aliphatic heterocycles. The zero-order valence-electron chi connectivity index (χ0n) is 14.4. The Bertz CT molecular complexity index is 962. The maximum absolute atomic E-state index is 12.8. The van der Waals surface area contributed by atoms with E-state index in [-0.39, 0.29) is 5.56 Å². The smallest absolute Gasteiger partial charge is 0.280 e. The van der Waals surface area contributed by atoms with Crippen molar-refractivity contribution in [3.8, 4) is 5.69 Å². The second-order valence-electron chi connectivity index (χ2n) is 6.08. The van der Waals surface area contributed by atoms with Gasteiger partial charge in [0.05, 0.1) is 22.6 Å². The highest BCUT2D eigenvalue weighted by atomic mass is 16.1. The number of aromatic amines is 1. The summed E-state index contributed by atoms with van der Waals surface area (Å²) < 4.78 is 1.56. The van der Waals surface area contributed by atoms with Gasteiger partial charge >= 0.3 is 0 Å². The van der Waals surface area contributed by atoms with Crippen molar-refractivity contribution >= 4 is 11.4 Å². The Labute approximate surface area is 141 Å². The minimum atomic E-state index is -0.0790. The summed E-state index contributed by atoms with van der Waals surface area (Å²) in [6, 6.07) is 15.7. The van der Waals surface area contributed by atoms with Gasteiger partial charge in [0.2, 0.25) is 0 Å². The zero-order chi connectivity index (χ0) is 17.3. The van der Waals surface area contributed by atoms with Gasteiger partial charge in [0, 0.05) is 5.69 Å². The van der Waals surface area contributed by atoms with Gasteiger partial charge in [-0.15, -0.1) is 0 Å². The molecule has 1 aromatic heterocycles. The predicted octanol–water partition coefficient (Wildman–Crippen LogP) is 4.23. The quantitative estimate of drug-likeness (QED) is 0.722. The van der Waals surface area contributed by atoms with Crippen molar-refractivity contribution in [3.05, 3.63) is 81.3 Å². The van der Waals surface area contributed by atoms with Crippen LogP contribution < -0.4 is 5.56 Å². The highest BCUT2D eigenvalue weighted by Crippen LogP contribution is 2.21. The lowest BCUT2D eigenvalue weighted by molar-refractivity contribution is 0.835. The van der Waals surface area contributed by atoms with Gasteiger partial charge in [0.1, 0.15) is 0 Å². The third kappa shape index (κ3) is 2.95. The van der Waals surface area contributed by atoms with E-state index >= 15 is 0 Å². The van der Waals surface area contributed by atoms with Crippen LogP contribution in [0.5, 0.6) is 0 Å². The van der Waals surface area contributed by atoms with Crippen LogP contribution in [0.15, 0.2) is 58.3 Å². The van der Waals surface area contributed by atoms with E-state index in [4.69, 9.17) is 0 Å². The van der Waals surface area contributed by atoms with Crippen LogP contribution in [0, 0.1) is 20.8 Å². The highest BCUT2D eigenvalue weighted by Gasteiger charge is 2.15.